The number of hydrogen-bond acceptors (Lipinski definition) is 3. The molecule has 1 amide bonds. The zero-order valence-electron chi connectivity index (χ0n) is 15.0. The molecule has 1 N–H and O–H groups in total. The maximum Gasteiger partial charge on any atom is 0.258 e. The molecular weight excluding hydrogens is 316 g/mol. The van der Waals surface area contributed by atoms with Crippen molar-refractivity contribution in [3.05, 3.63) is 40.8 Å². The fourth-order valence-electron chi connectivity index (χ4n) is 3.41. The predicted molar refractivity (Wildman–Crippen MR) is 99.0 cm³/mol. The van der Waals surface area contributed by atoms with E-state index in [1.54, 1.807) is 18.3 Å². The minimum atomic E-state index is -0.146. The molecular formula is C20H26N2O3. The topological polar surface area (TPSA) is 60.3 Å². The van der Waals surface area contributed by atoms with Crippen molar-refractivity contribution < 1.29 is 9.53 Å². The minimum absolute atomic E-state index is 0.0650. The van der Waals surface area contributed by atoms with E-state index in [0.29, 0.717) is 5.39 Å². The van der Waals surface area contributed by atoms with Gasteiger partial charge in [0.25, 0.3) is 5.56 Å². The molecule has 134 valence electrons. The number of amides is 1. The minimum Gasteiger partial charge on any atom is -0.491 e. The summed E-state index contributed by atoms with van der Waals surface area (Å²) >= 11 is 0. The zero-order valence-corrected chi connectivity index (χ0v) is 15.0. The average Bonchev–Trinajstić information content (AvgIpc) is 2.58. The van der Waals surface area contributed by atoms with Crippen LogP contribution in [-0.2, 0) is 11.3 Å². The van der Waals surface area contributed by atoms with E-state index in [1.165, 1.54) is 23.8 Å². The smallest absolute Gasteiger partial charge is 0.258 e. The molecule has 0 aliphatic heterocycles. The van der Waals surface area contributed by atoms with Crippen molar-refractivity contribution in [2.24, 2.45) is 0 Å². The van der Waals surface area contributed by atoms with Gasteiger partial charge in [-0.1, -0.05) is 19.3 Å². The van der Waals surface area contributed by atoms with Crippen molar-refractivity contribution in [1.29, 1.82) is 0 Å². The molecule has 2 aromatic rings. The van der Waals surface area contributed by atoms with Crippen LogP contribution in [0.25, 0.3) is 10.8 Å². The number of hydrogen-bond donors (Lipinski definition) is 1. The first kappa shape index (κ1) is 17.5. The fourth-order valence-corrected chi connectivity index (χ4v) is 3.41. The van der Waals surface area contributed by atoms with Gasteiger partial charge in [-0.25, -0.2) is 0 Å². The van der Waals surface area contributed by atoms with Crippen molar-refractivity contribution in [2.45, 2.75) is 64.6 Å². The Kier molecular flexibility index (Phi) is 5.41. The van der Waals surface area contributed by atoms with Crippen LogP contribution in [0.15, 0.2) is 35.3 Å². The van der Waals surface area contributed by atoms with Crippen LogP contribution in [0, 0.1) is 0 Å². The number of nitrogens with zero attached hydrogens (tertiary/aromatic N) is 1. The molecule has 3 rings (SSSR count). The fraction of sp³-hybridized carbons (Fsp3) is 0.500. The number of ether oxygens (including phenoxy) is 1. The summed E-state index contributed by atoms with van der Waals surface area (Å²) in [5.41, 5.74) is -0.146. The van der Waals surface area contributed by atoms with Crippen LogP contribution in [0.5, 0.6) is 5.75 Å². The molecule has 0 radical (unpaired) electrons. The Hall–Kier alpha value is -2.30. The SMILES string of the molecule is CC(C)Oc1ccc2c(=O)n(CC(=O)NC3CCCCC3)ccc2c1. The van der Waals surface area contributed by atoms with Crippen molar-refractivity contribution in [2.75, 3.05) is 0 Å². The normalized spacial score (nSPS) is 15.5. The molecule has 0 unspecified atom stereocenters. The molecule has 1 heterocycles. The Morgan fingerprint density at radius 1 is 1.24 bits per heavy atom. The van der Waals surface area contributed by atoms with E-state index < -0.39 is 0 Å². The Morgan fingerprint density at radius 3 is 2.72 bits per heavy atom. The van der Waals surface area contributed by atoms with Crippen molar-refractivity contribution in [3.63, 3.8) is 0 Å². The zero-order chi connectivity index (χ0) is 17.8. The van der Waals surface area contributed by atoms with E-state index in [1.807, 2.05) is 26.0 Å². The third-order valence-corrected chi connectivity index (χ3v) is 4.60. The second-order valence-corrected chi connectivity index (χ2v) is 7.07. The van der Waals surface area contributed by atoms with Gasteiger partial charge in [0.05, 0.1) is 6.10 Å². The number of aromatic nitrogens is 1. The van der Waals surface area contributed by atoms with Gasteiger partial charge in [-0.05, 0) is 56.3 Å². The van der Waals surface area contributed by atoms with Crippen molar-refractivity contribution in [3.8, 4) is 5.75 Å². The molecule has 5 nitrogen and oxygen atoms in total. The van der Waals surface area contributed by atoms with Crippen LogP contribution < -0.4 is 15.6 Å². The first-order valence-corrected chi connectivity index (χ1v) is 9.12. The maximum atomic E-state index is 12.6. The van der Waals surface area contributed by atoms with Crippen LogP contribution in [0.2, 0.25) is 0 Å². The average molecular weight is 342 g/mol. The molecule has 1 aliphatic carbocycles. The van der Waals surface area contributed by atoms with Crippen LogP contribution in [0.1, 0.15) is 46.0 Å². The standard InChI is InChI=1S/C20H26N2O3/c1-14(2)25-17-8-9-18-15(12-17)10-11-22(20(18)24)13-19(23)21-16-6-4-3-5-7-16/h8-12,14,16H,3-7,13H2,1-2H3,(H,21,23). The lowest BCUT2D eigenvalue weighted by molar-refractivity contribution is -0.122. The molecule has 1 saturated carbocycles. The van der Waals surface area contributed by atoms with Crippen LogP contribution in [0.4, 0.5) is 0 Å². The van der Waals surface area contributed by atoms with Gasteiger partial charge in [0, 0.05) is 17.6 Å². The maximum absolute atomic E-state index is 12.6. The summed E-state index contributed by atoms with van der Waals surface area (Å²) in [6.45, 7) is 4.00. The van der Waals surface area contributed by atoms with Gasteiger partial charge >= 0.3 is 0 Å². The highest BCUT2D eigenvalue weighted by atomic mass is 16.5. The van der Waals surface area contributed by atoms with Gasteiger partial charge in [-0.15, -0.1) is 0 Å². The Bertz CT molecular complexity index is 804. The Morgan fingerprint density at radius 2 is 2.00 bits per heavy atom. The summed E-state index contributed by atoms with van der Waals surface area (Å²) in [6.07, 6.45) is 7.43. The van der Waals surface area contributed by atoms with Gasteiger partial charge in [-0.3, -0.25) is 9.59 Å². The number of benzene rings is 1. The molecule has 0 spiro atoms. The molecule has 1 fully saturated rings. The van der Waals surface area contributed by atoms with E-state index >= 15 is 0 Å². The number of nitrogens with one attached hydrogen (secondary N) is 1. The highest BCUT2D eigenvalue weighted by Crippen LogP contribution is 2.20. The lowest BCUT2D eigenvalue weighted by atomic mass is 9.95. The number of pyridine rings is 1. The quantitative estimate of drug-likeness (QED) is 0.907. The predicted octanol–water partition coefficient (Wildman–Crippen LogP) is 3.24. The van der Waals surface area contributed by atoms with Crippen LogP contribution >= 0.6 is 0 Å². The molecule has 5 heteroatoms. The number of carbonyl (C=O) groups excluding carboxylic acids is 1. The first-order valence-electron chi connectivity index (χ1n) is 9.12. The summed E-state index contributed by atoms with van der Waals surface area (Å²) in [7, 11) is 0. The second-order valence-electron chi connectivity index (χ2n) is 7.07. The highest BCUT2D eigenvalue weighted by molar-refractivity contribution is 5.83. The van der Waals surface area contributed by atoms with Crippen LogP contribution in [-0.4, -0.2) is 22.6 Å². The van der Waals surface area contributed by atoms with E-state index in [4.69, 9.17) is 4.74 Å². The second kappa shape index (κ2) is 7.72. The summed E-state index contributed by atoms with van der Waals surface area (Å²) in [5.74, 6) is 0.655. The lowest BCUT2D eigenvalue weighted by Gasteiger charge is -2.22. The Balaban J connectivity index is 1.74. The number of carbonyl (C=O) groups is 1. The van der Waals surface area contributed by atoms with E-state index in [2.05, 4.69) is 5.32 Å². The molecule has 1 aliphatic rings. The molecule has 1 aromatic heterocycles. The Labute approximate surface area is 148 Å². The molecule has 0 atom stereocenters. The van der Waals surface area contributed by atoms with E-state index in [0.717, 1.165) is 24.0 Å². The summed E-state index contributed by atoms with van der Waals surface area (Å²) in [4.78, 5) is 24.9. The van der Waals surface area contributed by atoms with Crippen molar-refractivity contribution >= 4 is 16.7 Å². The molecule has 25 heavy (non-hydrogen) atoms. The van der Waals surface area contributed by atoms with Gasteiger partial charge in [-0.2, -0.15) is 0 Å². The lowest BCUT2D eigenvalue weighted by Crippen LogP contribution is -2.39. The number of rotatable bonds is 5. The van der Waals surface area contributed by atoms with Gasteiger partial charge in [0.2, 0.25) is 5.91 Å². The molecule has 0 bridgehead atoms. The highest BCUT2D eigenvalue weighted by Gasteiger charge is 2.16. The van der Waals surface area contributed by atoms with Gasteiger partial charge < -0.3 is 14.6 Å². The third kappa shape index (κ3) is 4.41. The van der Waals surface area contributed by atoms with Gasteiger partial charge in [0.15, 0.2) is 0 Å². The van der Waals surface area contributed by atoms with Gasteiger partial charge in [0.1, 0.15) is 12.3 Å². The third-order valence-electron chi connectivity index (χ3n) is 4.60. The summed E-state index contributed by atoms with van der Waals surface area (Å²) in [6, 6.07) is 7.55. The van der Waals surface area contributed by atoms with Crippen molar-refractivity contribution in [1.82, 2.24) is 9.88 Å². The summed E-state index contributed by atoms with van der Waals surface area (Å²) < 4.78 is 7.14. The van der Waals surface area contributed by atoms with E-state index in [9.17, 15) is 9.59 Å². The number of fused-ring (bicyclic) bond motifs is 1. The largest absolute Gasteiger partial charge is 0.491 e. The van der Waals surface area contributed by atoms with E-state index in [-0.39, 0.29) is 30.2 Å². The summed E-state index contributed by atoms with van der Waals surface area (Å²) in [5, 5.41) is 4.48. The monoisotopic (exact) mass is 342 g/mol. The molecule has 0 saturated heterocycles. The first-order chi connectivity index (χ1) is 12.0. The van der Waals surface area contributed by atoms with Crippen LogP contribution in [0.3, 0.4) is 0 Å². The molecule has 1 aromatic carbocycles.